The van der Waals surface area contributed by atoms with Crippen molar-refractivity contribution in [3.05, 3.63) is 24.0 Å². The first-order chi connectivity index (χ1) is 9.93. The first kappa shape index (κ1) is 16.7. The van der Waals surface area contributed by atoms with Crippen LogP contribution >= 0.6 is 0 Å². The largest absolute Gasteiger partial charge is 0.492 e. The van der Waals surface area contributed by atoms with Crippen molar-refractivity contribution in [3.63, 3.8) is 0 Å². The van der Waals surface area contributed by atoms with Crippen LogP contribution in [0.4, 0.5) is 14.9 Å². The number of carbonyl (C=O) groups excluding carboxylic acids is 2. The van der Waals surface area contributed by atoms with Crippen LogP contribution in [0.2, 0.25) is 0 Å². The Balaban J connectivity index is 2.53. The molecule has 0 bridgehead atoms. The maximum Gasteiger partial charge on any atom is 0.319 e. The minimum atomic E-state index is -0.478. The maximum absolute atomic E-state index is 13.1. The van der Waals surface area contributed by atoms with Gasteiger partial charge in [-0.3, -0.25) is 4.79 Å². The smallest absolute Gasteiger partial charge is 0.319 e. The van der Waals surface area contributed by atoms with Gasteiger partial charge in [-0.1, -0.05) is 0 Å². The number of amides is 3. The molecular formula is C14H20FN3O3. The molecule has 0 unspecified atom stereocenters. The van der Waals surface area contributed by atoms with E-state index in [2.05, 4.69) is 10.6 Å². The van der Waals surface area contributed by atoms with Crippen LogP contribution in [0.1, 0.15) is 13.3 Å². The predicted molar refractivity (Wildman–Crippen MR) is 77.9 cm³/mol. The second-order valence-corrected chi connectivity index (χ2v) is 4.49. The number of benzene rings is 1. The van der Waals surface area contributed by atoms with Crippen LogP contribution in [0.25, 0.3) is 0 Å². The number of urea groups is 1. The molecule has 0 radical (unpaired) electrons. The van der Waals surface area contributed by atoms with E-state index in [1.165, 1.54) is 23.1 Å². The third-order valence-electron chi connectivity index (χ3n) is 2.61. The molecule has 2 N–H and O–H groups in total. The number of anilines is 1. The van der Waals surface area contributed by atoms with Gasteiger partial charge in [0.2, 0.25) is 5.91 Å². The van der Waals surface area contributed by atoms with Gasteiger partial charge >= 0.3 is 6.03 Å². The lowest BCUT2D eigenvalue weighted by atomic mass is 10.3. The number of rotatable bonds is 6. The Morgan fingerprint density at radius 3 is 2.67 bits per heavy atom. The quantitative estimate of drug-likeness (QED) is 0.841. The number of nitrogens with zero attached hydrogens (tertiary/aromatic N) is 1. The van der Waals surface area contributed by atoms with E-state index in [9.17, 15) is 14.0 Å². The van der Waals surface area contributed by atoms with E-state index in [-0.39, 0.29) is 24.6 Å². The lowest BCUT2D eigenvalue weighted by Gasteiger charge is -2.13. The highest BCUT2D eigenvalue weighted by Crippen LogP contribution is 2.25. The average molecular weight is 297 g/mol. The number of hydrogen-bond acceptors (Lipinski definition) is 3. The van der Waals surface area contributed by atoms with E-state index < -0.39 is 11.8 Å². The highest BCUT2D eigenvalue weighted by Gasteiger charge is 2.10. The molecule has 3 amide bonds. The summed E-state index contributed by atoms with van der Waals surface area (Å²) < 4.78 is 18.4. The van der Waals surface area contributed by atoms with Crippen LogP contribution in [-0.4, -0.2) is 44.1 Å². The number of nitrogens with one attached hydrogen (secondary N) is 2. The summed E-state index contributed by atoms with van der Waals surface area (Å²) in [5, 5.41) is 5.11. The van der Waals surface area contributed by atoms with Crippen LogP contribution in [0.5, 0.6) is 5.75 Å². The van der Waals surface area contributed by atoms with E-state index in [1.807, 2.05) is 0 Å². The summed E-state index contributed by atoms with van der Waals surface area (Å²) >= 11 is 0. The highest BCUT2D eigenvalue weighted by molar-refractivity contribution is 5.91. The molecule has 0 spiro atoms. The number of halogens is 1. The van der Waals surface area contributed by atoms with Crippen molar-refractivity contribution in [3.8, 4) is 5.75 Å². The van der Waals surface area contributed by atoms with Crippen LogP contribution in [0, 0.1) is 5.82 Å². The summed E-state index contributed by atoms with van der Waals surface area (Å²) in [6.45, 7) is 2.34. The molecule has 1 rings (SSSR count). The minimum Gasteiger partial charge on any atom is -0.492 e. The molecule has 116 valence electrons. The van der Waals surface area contributed by atoms with Gasteiger partial charge < -0.3 is 20.3 Å². The molecule has 0 atom stereocenters. The zero-order valence-electron chi connectivity index (χ0n) is 12.4. The highest BCUT2D eigenvalue weighted by atomic mass is 19.1. The van der Waals surface area contributed by atoms with Gasteiger partial charge in [0.15, 0.2) is 0 Å². The summed E-state index contributed by atoms with van der Waals surface area (Å²) in [4.78, 5) is 24.5. The van der Waals surface area contributed by atoms with Gasteiger partial charge in [0.25, 0.3) is 0 Å². The standard InChI is InChI=1S/C14H20FN3O3/c1-4-21-12-9-10(15)5-6-11(12)17-14(20)16-8-7-13(19)18(2)3/h5-6,9H,4,7-8H2,1-3H3,(H2,16,17,20). The van der Waals surface area contributed by atoms with Crippen molar-refractivity contribution >= 4 is 17.6 Å². The van der Waals surface area contributed by atoms with E-state index >= 15 is 0 Å². The first-order valence-electron chi connectivity index (χ1n) is 6.61. The third-order valence-corrected chi connectivity index (χ3v) is 2.61. The summed E-state index contributed by atoms with van der Waals surface area (Å²) in [6.07, 6.45) is 0.210. The molecule has 1 aromatic rings. The van der Waals surface area contributed by atoms with Gasteiger partial charge in [-0.05, 0) is 19.1 Å². The summed E-state index contributed by atoms with van der Waals surface area (Å²) in [7, 11) is 3.30. The molecule has 0 saturated heterocycles. The maximum atomic E-state index is 13.1. The fraction of sp³-hybridized carbons (Fsp3) is 0.429. The Bertz CT molecular complexity index is 506. The molecular weight excluding hydrogens is 277 g/mol. The molecule has 7 heteroatoms. The number of ether oxygens (including phenoxy) is 1. The summed E-state index contributed by atoms with van der Waals surface area (Å²) in [5.74, 6) is -0.259. The molecule has 0 fully saturated rings. The van der Waals surface area contributed by atoms with Gasteiger partial charge in [0.05, 0.1) is 12.3 Å². The third kappa shape index (κ3) is 5.68. The Labute approximate surface area is 123 Å². The van der Waals surface area contributed by atoms with E-state index in [0.29, 0.717) is 12.3 Å². The number of carbonyl (C=O) groups is 2. The topological polar surface area (TPSA) is 70.7 Å². The van der Waals surface area contributed by atoms with E-state index in [0.717, 1.165) is 0 Å². The molecule has 0 saturated carbocycles. The summed E-state index contributed by atoms with van der Waals surface area (Å²) in [6, 6.07) is 3.38. The zero-order chi connectivity index (χ0) is 15.8. The average Bonchev–Trinajstić information content (AvgIpc) is 2.42. The van der Waals surface area contributed by atoms with Crippen molar-refractivity contribution in [2.45, 2.75) is 13.3 Å². The van der Waals surface area contributed by atoms with Crippen molar-refractivity contribution < 1.29 is 18.7 Å². The summed E-state index contributed by atoms with van der Waals surface area (Å²) in [5.41, 5.74) is 0.370. The second-order valence-electron chi connectivity index (χ2n) is 4.49. The molecule has 0 aliphatic rings. The molecule has 0 aromatic heterocycles. The van der Waals surface area contributed by atoms with Gasteiger partial charge in [-0.15, -0.1) is 0 Å². The van der Waals surface area contributed by atoms with Crippen molar-refractivity contribution in [1.29, 1.82) is 0 Å². The fourth-order valence-electron chi connectivity index (χ4n) is 1.55. The molecule has 0 aliphatic heterocycles. The van der Waals surface area contributed by atoms with Crippen molar-refractivity contribution in [2.24, 2.45) is 0 Å². The van der Waals surface area contributed by atoms with Crippen LogP contribution in [0.15, 0.2) is 18.2 Å². The van der Waals surface area contributed by atoms with Crippen LogP contribution < -0.4 is 15.4 Å². The second kappa shape index (κ2) is 8.08. The van der Waals surface area contributed by atoms with Gasteiger partial charge in [-0.2, -0.15) is 0 Å². The number of hydrogen-bond donors (Lipinski definition) is 2. The monoisotopic (exact) mass is 297 g/mol. The lowest BCUT2D eigenvalue weighted by Crippen LogP contribution is -2.33. The van der Waals surface area contributed by atoms with Crippen molar-refractivity contribution in [1.82, 2.24) is 10.2 Å². The van der Waals surface area contributed by atoms with Crippen molar-refractivity contribution in [2.75, 3.05) is 32.6 Å². The molecule has 0 aliphatic carbocycles. The van der Waals surface area contributed by atoms with E-state index in [1.54, 1.807) is 21.0 Å². The van der Waals surface area contributed by atoms with Gasteiger partial charge in [-0.25, -0.2) is 9.18 Å². The fourth-order valence-corrected chi connectivity index (χ4v) is 1.55. The van der Waals surface area contributed by atoms with E-state index in [4.69, 9.17) is 4.74 Å². The van der Waals surface area contributed by atoms with Crippen LogP contribution in [0.3, 0.4) is 0 Å². The Morgan fingerprint density at radius 2 is 2.05 bits per heavy atom. The first-order valence-corrected chi connectivity index (χ1v) is 6.61. The van der Waals surface area contributed by atoms with Gasteiger partial charge in [0, 0.05) is 33.1 Å². The Kier molecular flexibility index (Phi) is 6.45. The minimum absolute atomic E-state index is 0.0768. The molecule has 1 aromatic carbocycles. The van der Waals surface area contributed by atoms with Gasteiger partial charge in [0.1, 0.15) is 11.6 Å². The predicted octanol–water partition coefficient (Wildman–Crippen LogP) is 1.82. The van der Waals surface area contributed by atoms with Crippen LogP contribution in [-0.2, 0) is 4.79 Å². The lowest BCUT2D eigenvalue weighted by molar-refractivity contribution is -0.128. The molecule has 21 heavy (non-hydrogen) atoms. The zero-order valence-corrected chi connectivity index (χ0v) is 12.4. The Hall–Kier alpha value is -2.31. The normalized spacial score (nSPS) is 9.90. The molecule has 6 nitrogen and oxygen atoms in total. The Morgan fingerprint density at radius 1 is 1.33 bits per heavy atom. The SMILES string of the molecule is CCOc1cc(F)ccc1NC(=O)NCCC(=O)N(C)C. The molecule has 0 heterocycles.